The minimum absolute atomic E-state index is 0.0475. The molecule has 1 nitrogen and oxygen atoms in total. The average molecular weight is 229 g/mol. The zero-order valence-electron chi connectivity index (χ0n) is 8.30. The number of hydrogen-bond acceptors (Lipinski definition) is 2. The Morgan fingerprint density at radius 3 is 2.93 bits per heavy atom. The fraction of sp³-hybridized carbons (Fsp3) is 0.455. The standard InChI is InChI=1S/C11H13F2NS/c12-11(13,7-14)9-3-4-10-8(6-9)2-1-5-15-10/h3-4,6H,1-2,5,7,14H2. The van der Waals surface area contributed by atoms with Crippen LogP contribution in [0, 0.1) is 0 Å². The molecule has 0 fully saturated rings. The summed E-state index contributed by atoms with van der Waals surface area (Å²) in [6.07, 6.45) is 1.96. The summed E-state index contributed by atoms with van der Waals surface area (Å²) >= 11 is 1.74. The number of halogens is 2. The summed E-state index contributed by atoms with van der Waals surface area (Å²) < 4.78 is 26.6. The fourth-order valence-electron chi connectivity index (χ4n) is 1.71. The number of fused-ring (bicyclic) bond motifs is 1. The number of hydrogen-bond donors (Lipinski definition) is 1. The summed E-state index contributed by atoms with van der Waals surface area (Å²) in [6.45, 7) is -0.626. The van der Waals surface area contributed by atoms with E-state index in [1.165, 1.54) is 6.07 Å². The second-order valence-electron chi connectivity index (χ2n) is 3.68. The van der Waals surface area contributed by atoms with Gasteiger partial charge in [-0.05, 0) is 36.3 Å². The van der Waals surface area contributed by atoms with Crippen LogP contribution in [0.3, 0.4) is 0 Å². The second-order valence-corrected chi connectivity index (χ2v) is 4.82. The lowest BCUT2D eigenvalue weighted by molar-refractivity contribution is 0.00581. The summed E-state index contributed by atoms with van der Waals surface area (Å²) in [7, 11) is 0. The molecular weight excluding hydrogens is 216 g/mol. The van der Waals surface area contributed by atoms with E-state index in [4.69, 9.17) is 5.73 Å². The van der Waals surface area contributed by atoms with Crippen molar-refractivity contribution in [2.45, 2.75) is 23.7 Å². The van der Waals surface area contributed by atoms with Gasteiger partial charge in [-0.3, -0.25) is 0 Å². The van der Waals surface area contributed by atoms with Crippen molar-refractivity contribution in [2.75, 3.05) is 12.3 Å². The summed E-state index contributed by atoms with van der Waals surface area (Å²) in [5, 5.41) is 0. The maximum absolute atomic E-state index is 13.3. The van der Waals surface area contributed by atoms with Gasteiger partial charge in [0.1, 0.15) is 0 Å². The van der Waals surface area contributed by atoms with E-state index in [2.05, 4.69) is 0 Å². The topological polar surface area (TPSA) is 26.0 Å². The van der Waals surface area contributed by atoms with Crippen molar-refractivity contribution in [2.24, 2.45) is 5.73 Å². The lowest BCUT2D eigenvalue weighted by atomic mass is 10.0. The molecule has 1 aliphatic heterocycles. The van der Waals surface area contributed by atoms with E-state index < -0.39 is 12.5 Å². The summed E-state index contributed by atoms with van der Waals surface area (Å²) in [5.74, 6) is -1.81. The van der Waals surface area contributed by atoms with Gasteiger partial charge in [0.2, 0.25) is 0 Å². The Morgan fingerprint density at radius 2 is 2.20 bits per heavy atom. The Kier molecular flexibility index (Phi) is 2.98. The van der Waals surface area contributed by atoms with Gasteiger partial charge in [-0.2, -0.15) is 8.78 Å². The number of nitrogens with two attached hydrogens (primary N) is 1. The lowest BCUT2D eigenvalue weighted by Gasteiger charge is -2.19. The minimum atomic E-state index is -2.89. The van der Waals surface area contributed by atoms with E-state index in [-0.39, 0.29) is 5.56 Å². The molecule has 0 spiro atoms. The minimum Gasteiger partial charge on any atom is -0.325 e. The molecule has 0 saturated carbocycles. The number of rotatable bonds is 2. The maximum atomic E-state index is 13.3. The average Bonchev–Trinajstić information content (AvgIpc) is 2.28. The monoisotopic (exact) mass is 229 g/mol. The molecule has 2 rings (SSSR count). The Bertz CT molecular complexity index is 366. The highest BCUT2D eigenvalue weighted by Crippen LogP contribution is 2.34. The Hall–Kier alpha value is -0.610. The smallest absolute Gasteiger partial charge is 0.285 e. The van der Waals surface area contributed by atoms with Crippen LogP contribution in [0.2, 0.25) is 0 Å². The third-order valence-corrected chi connectivity index (χ3v) is 3.79. The summed E-state index contributed by atoms with van der Waals surface area (Å²) in [4.78, 5) is 1.14. The van der Waals surface area contributed by atoms with E-state index in [0.29, 0.717) is 0 Å². The molecule has 1 aromatic carbocycles. The first-order valence-electron chi connectivity index (χ1n) is 4.97. The van der Waals surface area contributed by atoms with Gasteiger partial charge in [0.25, 0.3) is 5.92 Å². The van der Waals surface area contributed by atoms with Crippen molar-refractivity contribution in [1.82, 2.24) is 0 Å². The predicted molar refractivity (Wildman–Crippen MR) is 58.4 cm³/mol. The molecule has 82 valence electrons. The molecule has 0 unspecified atom stereocenters. The highest BCUT2D eigenvalue weighted by Gasteiger charge is 2.30. The third kappa shape index (κ3) is 2.16. The van der Waals surface area contributed by atoms with Crippen LogP contribution in [0.5, 0.6) is 0 Å². The van der Waals surface area contributed by atoms with Crippen LogP contribution < -0.4 is 5.73 Å². The molecular formula is C11H13F2NS. The van der Waals surface area contributed by atoms with Crippen LogP contribution in [0.25, 0.3) is 0 Å². The Labute approximate surface area is 92.0 Å². The van der Waals surface area contributed by atoms with Gasteiger partial charge in [0.15, 0.2) is 0 Å². The molecule has 1 aromatic rings. The number of benzene rings is 1. The van der Waals surface area contributed by atoms with Gasteiger partial charge >= 0.3 is 0 Å². The van der Waals surface area contributed by atoms with Gasteiger partial charge in [-0.15, -0.1) is 11.8 Å². The first kappa shape index (κ1) is 10.9. The molecule has 1 heterocycles. The summed E-state index contributed by atoms with van der Waals surface area (Å²) in [6, 6.07) is 4.89. The third-order valence-electron chi connectivity index (χ3n) is 2.59. The van der Waals surface area contributed by atoms with Crippen molar-refractivity contribution in [3.05, 3.63) is 29.3 Å². The van der Waals surface area contributed by atoms with Gasteiger partial charge in [-0.25, -0.2) is 0 Å². The van der Waals surface area contributed by atoms with Gasteiger partial charge < -0.3 is 5.73 Å². The van der Waals surface area contributed by atoms with E-state index in [1.54, 1.807) is 23.9 Å². The number of alkyl halides is 2. The molecule has 0 atom stereocenters. The molecule has 4 heteroatoms. The van der Waals surface area contributed by atoms with E-state index >= 15 is 0 Å². The van der Waals surface area contributed by atoms with Crippen LogP contribution in [-0.4, -0.2) is 12.3 Å². The van der Waals surface area contributed by atoms with Crippen LogP contribution in [0.4, 0.5) is 8.78 Å². The molecule has 0 aromatic heterocycles. The van der Waals surface area contributed by atoms with Crippen molar-refractivity contribution in [1.29, 1.82) is 0 Å². The molecule has 15 heavy (non-hydrogen) atoms. The Morgan fingerprint density at radius 1 is 1.40 bits per heavy atom. The maximum Gasteiger partial charge on any atom is 0.285 e. The van der Waals surface area contributed by atoms with Crippen LogP contribution in [0.1, 0.15) is 17.5 Å². The first-order valence-corrected chi connectivity index (χ1v) is 5.96. The first-order chi connectivity index (χ1) is 7.13. The molecule has 0 bridgehead atoms. The molecule has 0 saturated heterocycles. The van der Waals surface area contributed by atoms with Crippen LogP contribution in [0.15, 0.2) is 23.1 Å². The predicted octanol–water partition coefficient (Wildman–Crippen LogP) is 2.78. The lowest BCUT2D eigenvalue weighted by Crippen LogP contribution is -2.25. The Balaban J connectivity index is 2.36. The number of aryl methyl sites for hydroxylation is 1. The highest BCUT2D eigenvalue weighted by atomic mass is 32.2. The molecule has 1 aliphatic rings. The highest BCUT2D eigenvalue weighted by molar-refractivity contribution is 7.99. The van der Waals surface area contributed by atoms with Crippen molar-refractivity contribution in [3.8, 4) is 0 Å². The SMILES string of the molecule is NCC(F)(F)c1ccc2c(c1)CCCS2. The molecule has 0 amide bonds. The van der Waals surface area contributed by atoms with E-state index in [1.807, 2.05) is 0 Å². The normalized spacial score (nSPS) is 16.2. The zero-order valence-corrected chi connectivity index (χ0v) is 9.12. The van der Waals surface area contributed by atoms with E-state index in [9.17, 15) is 8.78 Å². The van der Waals surface area contributed by atoms with Gasteiger partial charge in [-0.1, -0.05) is 6.07 Å². The van der Waals surface area contributed by atoms with Crippen molar-refractivity contribution >= 4 is 11.8 Å². The zero-order chi connectivity index (χ0) is 10.9. The molecule has 2 N–H and O–H groups in total. The quantitative estimate of drug-likeness (QED) is 0.844. The van der Waals surface area contributed by atoms with Gasteiger partial charge in [0.05, 0.1) is 6.54 Å². The van der Waals surface area contributed by atoms with Crippen molar-refractivity contribution < 1.29 is 8.78 Å². The van der Waals surface area contributed by atoms with E-state index in [0.717, 1.165) is 29.1 Å². The van der Waals surface area contributed by atoms with Crippen LogP contribution in [-0.2, 0) is 12.3 Å². The van der Waals surface area contributed by atoms with Gasteiger partial charge in [0, 0.05) is 10.5 Å². The molecule has 0 radical (unpaired) electrons. The fourth-order valence-corrected chi connectivity index (χ4v) is 2.72. The number of thioether (sulfide) groups is 1. The second kappa shape index (κ2) is 4.10. The van der Waals surface area contributed by atoms with Crippen LogP contribution >= 0.6 is 11.8 Å². The largest absolute Gasteiger partial charge is 0.325 e. The summed E-state index contributed by atoms with van der Waals surface area (Å²) in [5.41, 5.74) is 6.15. The van der Waals surface area contributed by atoms with Crippen molar-refractivity contribution in [3.63, 3.8) is 0 Å². The molecule has 0 aliphatic carbocycles.